The van der Waals surface area contributed by atoms with Gasteiger partial charge < -0.3 is 5.32 Å². The molecule has 0 saturated heterocycles. The molecule has 1 fully saturated rings. The second-order valence-corrected chi connectivity index (χ2v) is 8.15. The standard InChI is InChI=1S/C18H24N2S/c1-12-5-7-13(8-6-12)17-20-16(18(2,3)4)15(21-17)11-19-14-9-10-14/h5-8,14,19H,9-11H2,1-4H3. The highest BCUT2D eigenvalue weighted by molar-refractivity contribution is 7.15. The number of thiazole rings is 1. The van der Waals surface area contributed by atoms with E-state index in [2.05, 4.69) is 57.3 Å². The minimum atomic E-state index is 0.0972. The van der Waals surface area contributed by atoms with Gasteiger partial charge in [-0.3, -0.25) is 0 Å². The number of hydrogen-bond acceptors (Lipinski definition) is 3. The molecule has 1 heterocycles. The Labute approximate surface area is 131 Å². The SMILES string of the molecule is Cc1ccc(-c2nc(C(C)(C)C)c(CNC3CC3)s2)cc1. The molecular weight excluding hydrogens is 276 g/mol. The molecule has 3 rings (SSSR count). The predicted molar refractivity (Wildman–Crippen MR) is 90.8 cm³/mol. The molecule has 0 amide bonds. The van der Waals surface area contributed by atoms with Gasteiger partial charge >= 0.3 is 0 Å². The van der Waals surface area contributed by atoms with Crippen molar-refractivity contribution in [1.82, 2.24) is 10.3 Å². The fraction of sp³-hybridized carbons (Fsp3) is 0.500. The van der Waals surface area contributed by atoms with Crippen LogP contribution in [0.15, 0.2) is 24.3 Å². The summed E-state index contributed by atoms with van der Waals surface area (Å²) in [5.74, 6) is 0. The molecule has 112 valence electrons. The normalized spacial score (nSPS) is 15.4. The highest BCUT2D eigenvalue weighted by Crippen LogP contribution is 2.35. The third-order valence-electron chi connectivity index (χ3n) is 3.83. The fourth-order valence-electron chi connectivity index (χ4n) is 2.40. The van der Waals surface area contributed by atoms with Gasteiger partial charge in [-0.05, 0) is 19.8 Å². The van der Waals surface area contributed by atoms with E-state index < -0.39 is 0 Å². The van der Waals surface area contributed by atoms with Crippen molar-refractivity contribution in [2.45, 2.75) is 58.5 Å². The van der Waals surface area contributed by atoms with Crippen LogP contribution in [0.2, 0.25) is 0 Å². The van der Waals surface area contributed by atoms with Gasteiger partial charge in [0.25, 0.3) is 0 Å². The number of hydrogen-bond donors (Lipinski definition) is 1. The van der Waals surface area contributed by atoms with E-state index in [-0.39, 0.29) is 5.41 Å². The second-order valence-electron chi connectivity index (χ2n) is 7.06. The first kappa shape index (κ1) is 14.7. The first-order valence-electron chi connectivity index (χ1n) is 7.74. The quantitative estimate of drug-likeness (QED) is 0.887. The van der Waals surface area contributed by atoms with Gasteiger partial charge in [-0.2, -0.15) is 0 Å². The van der Waals surface area contributed by atoms with Crippen molar-refractivity contribution < 1.29 is 0 Å². The lowest BCUT2D eigenvalue weighted by Gasteiger charge is -2.17. The third-order valence-corrected chi connectivity index (χ3v) is 4.94. The zero-order valence-corrected chi connectivity index (χ0v) is 14.2. The Bertz CT molecular complexity index is 616. The highest BCUT2D eigenvalue weighted by atomic mass is 32.1. The van der Waals surface area contributed by atoms with Gasteiger partial charge in [0.15, 0.2) is 0 Å². The molecule has 0 unspecified atom stereocenters. The summed E-state index contributed by atoms with van der Waals surface area (Å²) < 4.78 is 0. The maximum Gasteiger partial charge on any atom is 0.123 e. The number of nitrogens with zero attached hydrogens (tertiary/aromatic N) is 1. The molecular formula is C18H24N2S. The van der Waals surface area contributed by atoms with Crippen molar-refractivity contribution in [1.29, 1.82) is 0 Å². The summed E-state index contributed by atoms with van der Waals surface area (Å²) in [6.07, 6.45) is 2.66. The van der Waals surface area contributed by atoms with Crippen molar-refractivity contribution in [3.05, 3.63) is 40.4 Å². The summed E-state index contributed by atoms with van der Waals surface area (Å²) >= 11 is 1.84. The fourth-order valence-corrected chi connectivity index (χ4v) is 3.63. The largest absolute Gasteiger partial charge is 0.309 e. The predicted octanol–water partition coefficient (Wildman–Crippen LogP) is 4.67. The van der Waals surface area contributed by atoms with Gasteiger partial charge in [-0.1, -0.05) is 50.6 Å². The summed E-state index contributed by atoms with van der Waals surface area (Å²) in [6.45, 7) is 9.84. The summed E-state index contributed by atoms with van der Waals surface area (Å²) in [4.78, 5) is 6.35. The number of nitrogens with one attached hydrogen (secondary N) is 1. The van der Waals surface area contributed by atoms with Crippen LogP contribution in [0.4, 0.5) is 0 Å². The number of rotatable bonds is 4. The number of benzene rings is 1. The van der Waals surface area contributed by atoms with Gasteiger partial charge in [0.2, 0.25) is 0 Å². The monoisotopic (exact) mass is 300 g/mol. The van der Waals surface area contributed by atoms with Crippen LogP contribution in [-0.4, -0.2) is 11.0 Å². The molecule has 1 N–H and O–H groups in total. The number of aryl methyl sites for hydroxylation is 1. The first-order valence-corrected chi connectivity index (χ1v) is 8.56. The topological polar surface area (TPSA) is 24.9 Å². The van der Waals surface area contributed by atoms with E-state index in [1.807, 2.05) is 11.3 Å². The van der Waals surface area contributed by atoms with E-state index in [0.717, 1.165) is 17.6 Å². The molecule has 0 atom stereocenters. The summed E-state index contributed by atoms with van der Waals surface area (Å²) in [5, 5.41) is 4.78. The molecule has 1 saturated carbocycles. The summed E-state index contributed by atoms with van der Waals surface area (Å²) in [7, 11) is 0. The Morgan fingerprint density at radius 1 is 1.19 bits per heavy atom. The van der Waals surface area contributed by atoms with E-state index in [1.54, 1.807) is 0 Å². The maximum absolute atomic E-state index is 4.96. The molecule has 0 aliphatic heterocycles. The van der Waals surface area contributed by atoms with Gasteiger partial charge in [-0.15, -0.1) is 11.3 Å². The Kier molecular flexibility index (Phi) is 3.89. The molecule has 1 aliphatic rings. The minimum absolute atomic E-state index is 0.0972. The van der Waals surface area contributed by atoms with Crippen molar-refractivity contribution in [2.24, 2.45) is 0 Å². The van der Waals surface area contributed by atoms with Crippen molar-refractivity contribution in [3.63, 3.8) is 0 Å². The van der Waals surface area contributed by atoms with Crippen LogP contribution < -0.4 is 5.32 Å². The van der Waals surface area contributed by atoms with Gasteiger partial charge in [0.05, 0.1) is 5.69 Å². The molecule has 1 aromatic heterocycles. The van der Waals surface area contributed by atoms with Crippen LogP contribution in [0, 0.1) is 6.92 Å². The average Bonchev–Trinajstić information content (AvgIpc) is 3.14. The molecule has 1 aromatic carbocycles. The molecule has 1 aliphatic carbocycles. The summed E-state index contributed by atoms with van der Waals surface area (Å²) in [6, 6.07) is 9.42. The first-order chi connectivity index (χ1) is 9.93. The highest BCUT2D eigenvalue weighted by Gasteiger charge is 2.26. The van der Waals surface area contributed by atoms with Crippen molar-refractivity contribution in [3.8, 4) is 10.6 Å². The minimum Gasteiger partial charge on any atom is -0.309 e. The molecule has 0 spiro atoms. The lowest BCUT2D eigenvalue weighted by atomic mass is 9.91. The van der Waals surface area contributed by atoms with Crippen molar-refractivity contribution in [2.75, 3.05) is 0 Å². The van der Waals surface area contributed by atoms with E-state index >= 15 is 0 Å². The molecule has 0 radical (unpaired) electrons. The van der Waals surface area contributed by atoms with Gasteiger partial charge in [0.1, 0.15) is 5.01 Å². The molecule has 0 bridgehead atoms. The summed E-state index contributed by atoms with van der Waals surface area (Å²) in [5.41, 5.74) is 3.87. The van der Waals surface area contributed by atoms with E-state index in [4.69, 9.17) is 4.98 Å². The third kappa shape index (κ3) is 3.53. The molecule has 21 heavy (non-hydrogen) atoms. The Hall–Kier alpha value is -1.19. The molecule has 2 nitrogen and oxygen atoms in total. The van der Waals surface area contributed by atoms with Crippen molar-refractivity contribution >= 4 is 11.3 Å². The maximum atomic E-state index is 4.96. The van der Waals surface area contributed by atoms with Gasteiger partial charge in [-0.25, -0.2) is 4.98 Å². The van der Waals surface area contributed by atoms with E-state index in [9.17, 15) is 0 Å². The zero-order valence-electron chi connectivity index (χ0n) is 13.4. The lowest BCUT2D eigenvalue weighted by molar-refractivity contribution is 0.559. The lowest BCUT2D eigenvalue weighted by Crippen LogP contribution is -2.19. The smallest absolute Gasteiger partial charge is 0.123 e. The molecule has 2 aromatic rings. The van der Waals surface area contributed by atoms with Crippen LogP contribution in [0.3, 0.4) is 0 Å². The van der Waals surface area contributed by atoms with Gasteiger partial charge in [0, 0.05) is 28.4 Å². The number of aromatic nitrogens is 1. The molecule has 3 heteroatoms. The van der Waals surface area contributed by atoms with E-state index in [0.29, 0.717) is 0 Å². The van der Waals surface area contributed by atoms with Crippen LogP contribution in [-0.2, 0) is 12.0 Å². The average molecular weight is 300 g/mol. The van der Waals surface area contributed by atoms with E-state index in [1.165, 1.54) is 34.5 Å². The Morgan fingerprint density at radius 2 is 1.86 bits per heavy atom. The zero-order chi connectivity index (χ0) is 15.0. The van der Waals surface area contributed by atoms with Crippen LogP contribution in [0.1, 0.15) is 49.7 Å². The Balaban J connectivity index is 1.91. The Morgan fingerprint density at radius 3 is 2.43 bits per heavy atom. The second kappa shape index (κ2) is 5.54. The van der Waals surface area contributed by atoms with Crippen LogP contribution in [0.5, 0.6) is 0 Å². The van der Waals surface area contributed by atoms with Crippen LogP contribution in [0.25, 0.3) is 10.6 Å². The van der Waals surface area contributed by atoms with Crippen LogP contribution >= 0.6 is 11.3 Å².